The van der Waals surface area contributed by atoms with Gasteiger partial charge in [-0.05, 0) is 65.0 Å². The summed E-state index contributed by atoms with van der Waals surface area (Å²) in [5.41, 5.74) is 5.15. The Morgan fingerprint density at radius 3 is 1.92 bits per heavy atom. The molecule has 5 rings (SSSR count). The molecule has 0 amide bonds. The van der Waals surface area contributed by atoms with Gasteiger partial charge in [0.15, 0.2) is 0 Å². The second-order valence-corrected chi connectivity index (χ2v) is 8.39. The lowest BCUT2D eigenvalue weighted by molar-refractivity contribution is 0.414. The highest BCUT2D eigenvalue weighted by molar-refractivity contribution is 6.07. The summed E-state index contributed by atoms with van der Waals surface area (Å²) < 4.78 is 16.2. The molecule has 0 aliphatic heterocycles. The fourth-order valence-corrected chi connectivity index (χ4v) is 4.36. The van der Waals surface area contributed by atoms with Crippen molar-refractivity contribution >= 4 is 16.6 Å². The number of benzene rings is 4. The van der Waals surface area contributed by atoms with E-state index in [0.717, 1.165) is 61.8 Å². The highest BCUT2D eigenvalue weighted by Crippen LogP contribution is 2.40. The van der Waals surface area contributed by atoms with Crippen molar-refractivity contribution in [3.63, 3.8) is 0 Å². The number of nitrogens with zero attached hydrogens (tertiary/aromatic N) is 1. The maximum Gasteiger partial charge on any atom is 0.134 e. The van der Waals surface area contributed by atoms with E-state index in [0.29, 0.717) is 6.54 Å². The highest BCUT2D eigenvalue weighted by Gasteiger charge is 2.18. The number of nitrogens with one attached hydrogen (secondary N) is 1. The Bertz CT molecular complexity index is 1480. The molecule has 1 heterocycles. The van der Waals surface area contributed by atoms with Crippen LogP contribution in [0.3, 0.4) is 0 Å². The molecule has 0 fully saturated rings. The standard InChI is InChI=1S/C31H28N2O3/c1-34-24-15-11-21(12-16-24)20-32-31-28-10-5-4-9-27(28)29(23-7-6-8-26(19-23)36-3)30(33-31)22-13-17-25(35-2)18-14-22/h4-19H,20H2,1-3H3,(H,32,33). The molecule has 0 bridgehead atoms. The summed E-state index contributed by atoms with van der Waals surface area (Å²) in [5, 5.41) is 5.75. The molecule has 0 radical (unpaired) electrons. The molecule has 0 aliphatic carbocycles. The Morgan fingerprint density at radius 1 is 0.611 bits per heavy atom. The van der Waals surface area contributed by atoms with Crippen LogP contribution >= 0.6 is 0 Å². The van der Waals surface area contributed by atoms with Crippen molar-refractivity contribution in [2.24, 2.45) is 0 Å². The van der Waals surface area contributed by atoms with Crippen LogP contribution in [0.4, 0.5) is 5.82 Å². The Hall–Kier alpha value is -4.51. The fraction of sp³-hybridized carbons (Fsp3) is 0.129. The lowest BCUT2D eigenvalue weighted by atomic mass is 9.93. The average molecular weight is 477 g/mol. The van der Waals surface area contributed by atoms with Crippen LogP contribution < -0.4 is 19.5 Å². The normalized spacial score (nSPS) is 10.8. The fourth-order valence-electron chi connectivity index (χ4n) is 4.36. The average Bonchev–Trinajstić information content (AvgIpc) is 2.96. The molecule has 0 atom stereocenters. The van der Waals surface area contributed by atoms with Crippen LogP contribution in [0, 0.1) is 0 Å². The van der Waals surface area contributed by atoms with E-state index in [2.05, 4.69) is 47.8 Å². The van der Waals surface area contributed by atoms with Crippen molar-refractivity contribution < 1.29 is 14.2 Å². The van der Waals surface area contributed by atoms with Crippen molar-refractivity contribution in [1.29, 1.82) is 0 Å². The topological polar surface area (TPSA) is 52.6 Å². The minimum atomic E-state index is 0.640. The van der Waals surface area contributed by atoms with E-state index in [1.807, 2.05) is 54.6 Å². The summed E-state index contributed by atoms with van der Waals surface area (Å²) in [6.07, 6.45) is 0. The molecule has 0 spiro atoms. The van der Waals surface area contributed by atoms with E-state index < -0.39 is 0 Å². The van der Waals surface area contributed by atoms with Crippen LogP contribution in [0.1, 0.15) is 5.56 Å². The maximum atomic E-state index is 5.53. The van der Waals surface area contributed by atoms with Crippen molar-refractivity contribution in [1.82, 2.24) is 4.98 Å². The minimum Gasteiger partial charge on any atom is -0.497 e. The zero-order chi connectivity index (χ0) is 24.9. The van der Waals surface area contributed by atoms with Gasteiger partial charge in [-0.1, -0.05) is 48.5 Å². The van der Waals surface area contributed by atoms with E-state index in [1.165, 1.54) is 0 Å². The lowest BCUT2D eigenvalue weighted by Crippen LogP contribution is -2.04. The largest absolute Gasteiger partial charge is 0.497 e. The van der Waals surface area contributed by atoms with Crippen LogP contribution in [0.2, 0.25) is 0 Å². The third kappa shape index (κ3) is 4.68. The Balaban J connectivity index is 1.67. The Labute approximate surface area is 211 Å². The molecule has 5 aromatic rings. The SMILES string of the molecule is COc1ccc(CNc2nc(-c3ccc(OC)cc3)c(-c3cccc(OC)c3)c3ccccc23)cc1. The van der Waals surface area contributed by atoms with Gasteiger partial charge in [0.05, 0.1) is 27.0 Å². The monoisotopic (exact) mass is 476 g/mol. The Morgan fingerprint density at radius 2 is 1.25 bits per heavy atom. The first-order chi connectivity index (χ1) is 17.7. The first-order valence-electron chi connectivity index (χ1n) is 11.8. The summed E-state index contributed by atoms with van der Waals surface area (Å²) in [5.74, 6) is 3.28. The number of anilines is 1. The minimum absolute atomic E-state index is 0.640. The molecule has 0 unspecified atom stereocenters. The zero-order valence-corrected chi connectivity index (χ0v) is 20.6. The maximum absolute atomic E-state index is 5.53. The van der Waals surface area contributed by atoms with Gasteiger partial charge in [-0.15, -0.1) is 0 Å². The molecular formula is C31H28N2O3. The third-order valence-electron chi connectivity index (χ3n) is 6.25. The van der Waals surface area contributed by atoms with Crippen molar-refractivity contribution in [2.45, 2.75) is 6.54 Å². The second-order valence-electron chi connectivity index (χ2n) is 8.39. The molecule has 36 heavy (non-hydrogen) atoms. The van der Waals surface area contributed by atoms with E-state index in [1.54, 1.807) is 21.3 Å². The van der Waals surface area contributed by atoms with E-state index in [9.17, 15) is 0 Å². The first-order valence-corrected chi connectivity index (χ1v) is 11.8. The van der Waals surface area contributed by atoms with Gasteiger partial charge in [-0.2, -0.15) is 0 Å². The van der Waals surface area contributed by atoms with Crippen molar-refractivity contribution in [3.05, 3.63) is 103 Å². The molecule has 1 N–H and O–H groups in total. The van der Waals surface area contributed by atoms with Gasteiger partial charge in [-0.3, -0.25) is 0 Å². The highest BCUT2D eigenvalue weighted by atomic mass is 16.5. The van der Waals surface area contributed by atoms with Crippen molar-refractivity contribution in [3.8, 4) is 39.6 Å². The molecule has 0 saturated carbocycles. The molecule has 5 nitrogen and oxygen atoms in total. The summed E-state index contributed by atoms with van der Waals surface area (Å²) in [6.45, 7) is 0.640. The quantitative estimate of drug-likeness (QED) is 0.256. The molecule has 1 aromatic heterocycles. The summed E-state index contributed by atoms with van der Waals surface area (Å²) in [4.78, 5) is 5.19. The number of pyridine rings is 1. The van der Waals surface area contributed by atoms with Gasteiger partial charge >= 0.3 is 0 Å². The van der Waals surface area contributed by atoms with E-state index in [4.69, 9.17) is 19.2 Å². The number of hydrogen-bond acceptors (Lipinski definition) is 5. The number of methoxy groups -OCH3 is 3. The number of hydrogen-bond donors (Lipinski definition) is 1. The van der Waals surface area contributed by atoms with Gasteiger partial charge in [0.25, 0.3) is 0 Å². The van der Waals surface area contributed by atoms with Crippen LogP contribution in [0.15, 0.2) is 97.1 Å². The van der Waals surface area contributed by atoms with Gasteiger partial charge in [0.1, 0.15) is 23.1 Å². The smallest absolute Gasteiger partial charge is 0.134 e. The number of rotatable bonds is 8. The van der Waals surface area contributed by atoms with E-state index >= 15 is 0 Å². The number of aromatic nitrogens is 1. The van der Waals surface area contributed by atoms with E-state index in [-0.39, 0.29) is 0 Å². The van der Waals surface area contributed by atoms with Crippen LogP contribution in [0.5, 0.6) is 17.2 Å². The summed E-state index contributed by atoms with van der Waals surface area (Å²) in [6, 6.07) is 32.6. The van der Waals surface area contributed by atoms with Gasteiger partial charge in [0.2, 0.25) is 0 Å². The number of ether oxygens (including phenoxy) is 3. The molecule has 0 aliphatic rings. The number of fused-ring (bicyclic) bond motifs is 1. The lowest BCUT2D eigenvalue weighted by Gasteiger charge is -2.18. The molecule has 5 heteroatoms. The van der Waals surface area contributed by atoms with Crippen LogP contribution in [0.25, 0.3) is 33.2 Å². The van der Waals surface area contributed by atoms with Gasteiger partial charge in [0, 0.05) is 23.1 Å². The van der Waals surface area contributed by atoms with Crippen molar-refractivity contribution in [2.75, 3.05) is 26.6 Å². The Kier molecular flexibility index (Phi) is 6.72. The third-order valence-corrected chi connectivity index (χ3v) is 6.25. The van der Waals surface area contributed by atoms with Crippen LogP contribution in [-0.4, -0.2) is 26.3 Å². The summed E-state index contributed by atoms with van der Waals surface area (Å²) in [7, 11) is 5.03. The molecule has 0 saturated heterocycles. The predicted molar refractivity (Wildman–Crippen MR) is 146 cm³/mol. The zero-order valence-electron chi connectivity index (χ0n) is 20.6. The van der Waals surface area contributed by atoms with Gasteiger partial charge in [-0.25, -0.2) is 4.98 Å². The second kappa shape index (κ2) is 10.4. The molecule has 4 aromatic carbocycles. The first kappa shape index (κ1) is 23.2. The van der Waals surface area contributed by atoms with Gasteiger partial charge < -0.3 is 19.5 Å². The predicted octanol–water partition coefficient (Wildman–Crippen LogP) is 7.21. The molecule has 180 valence electrons. The summed E-state index contributed by atoms with van der Waals surface area (Å²) >= 11 is 0. The van der Waals surface area contributed by atoms with Crippen LogP contribution in [-0.2, 0) is 6.54 Å². The molecular weight excluding hydrogens is 448 g/mol.